The monoisotopic (exact) mass is 214 g/mol. The van der Waals surface area contributed by atoms with Gasteiger partial charge in [0.25, 0.3) is 0 Å². The van der Waals surface area contributed by atoms with E-state index in [1.54, 1.807) is 6.20 Å². The van der Waals surface area contributed by atoms with Crippen molar-refractivity contribution in [2.24, 2.45) is 0 Å². The summed E-state index contributed by atoms with van der Waals surface area (Å²) in [5.74, 6) is 0. The van der Waals surface area contributed by atoms with Gasteiger partial charge in [-0.2, -0.15) is 0 Å². The molecule has 0 amide bonds. The third-order valence-electron chi connectivity index (χ3n) is 3.17. The fourth-order valence-electron chi connectivity index (χ4n) is 2.38. The van der Waals surface area contributed by atoms with Crippen LogP contribution in [0.4, 0.5) is 0 Å². The van der Waals surface area contributed by atoms with Gasteiger partial charge in [0.05, 0.1) is 6.10 Å². The van der Waals surface area contributed by atoms with Crippen LogP contribution in [0, 0.1) is 0 Å². The first-order chi connectivity index (χ1) is 7.86. The van der Waals surface area contributed by atoms with E-state index in [-0.39, 0.29) is 6.10 Å². The van der Waals surface area contributed by atoms with E-state index >= 15 is 0 Å². The molecule has 1 aliphatic heterocycles. The van der Waals surface area contributed by atoms with Crippen LogP contribution in [0.25, 0.3) is 11.3 Å². The molecule has 3 heterocycles. The quantitative estimate of drug-likeness (QED) is 0.791. The third kappa shape index (κ3) is 1.44. The average molecular weight is 214 g/mol. The van der Waals surface area contributed by atoms with Crippen molar-refractivity contribution in [1.82, 2.24) is 9.55 Å². The van der Waals surface area contributed by atoms with Crippen molar-refractivity contribution < 1.29 is 5.11 Å². The third-order valence-corrected chi connectivity index (χ3v) is 3.17. The molecule has 0 aromatic carbocycles. The van der Waals surface area contributed by atoms with E-state index in [4.69, 9.17) is 0 Å². The second kappa shape index (κ2) is 3.76. The number of aliphatic hydroxyl groups is 1. The maximum absolute atomic E-state index is 9.89. The molecule has 1 aliphatic rings. The highest BCUT2D eigenvalue weighted by atomic mass is 16.3. The summed E-state index contributed by atoms with van der Waals surface area (Å²) in [7, 11) is 0. The molecule has 3 heteroatoms. The summed E-state index contributed by atoms with van der Waals surface area (Å²) in [6.07, 6.45) is 5.24. The summed E-state index contributed by atoms with van der Waals surface area (Å²) in [6, 6.07) is 8.08. The molecule has 0 spiro atoms. The highest BCUT2D eigenvalue weighted by molar-refractivity contribution is 5.60. The molecule has 0 saturated carbocycles. The molecular formula is C13H14N2O. The number of pyridine rings is 1. The molecule has 3 nitrogen and oxygen atoms in total. The van der Waals surface area contributed by atoms with Crippen LogP contribution in [-0.2, 0) is 6.54 Å². The zero-order valence-electron chi connectivity index (χ0n) is 9.00. The van der Waals surface area contributed by atoms with Gasteiger partial charge in [-0.1, -0.05) is 0 Å². The van der Waals surface area contributed by atoms with Crippen molar-refractivity contribution >= 4 is 0 Å². The van der Waals surface area contributed by atoms with E-state index < -0.39 is 0 Å². The van der Waals surface area contributed by atoms with Gasteiger partial charge in [-0.05, 0) is 37.1 Å². The van der Waals surface area contributed by atoms with Gasteiger partial charge in [0.2, 0.25) is 0 Å². The SMILES string of the molecule is OC1CCCn2c(-c3cccnc3)ccc21. The van der Waals surface area contributed by atoms with E-state index in [2.05, 4.69) is 21.7 Å². The molecule has 0 saturated heterocycles. The van der Waals surface area contributed by atoms with Crippen LogP contribution in [0.3, 0.4) is 0 Å². The predicted molar refractivity (Wildman–Crippen MR) is 61.9 cm³/mol. The zero-order valence-corrected chi connectivity index (χ0v) is 9.00. The highest BCUT2D eigenvalue weighted by Gasteiger charge is 2.20. The van der Waals surface area contributed by atoms with E-state index in [0.717, 1.165) is 36.3 Å². The minimum absolute atomic E-state index is 0.306. The molecule has 1 unspecified atom stereocenters. The maximum atomic E-state index is 9.89. The average Bonchev–Trinajstić information content (AvgIpc) is 2.75. The summed E-state index contributed by atoms with van der Waals surface area (Å²) >= 11 is 0. The van der Waals surface area contributed by atoms with Crippen LogP contribution >= 0.6 is 0 Å². The van der Waals surface area contributed by atoms with Gasteiger partial charge >= 0.3 is 0 Å². The standard InChI is InChI=1S/C13H14N2O/c16-13-4-2-8-15-11(5-6-12(13)15)10-3-1-7-14-9-10/h1,3,5-7,9,13,16H,2,4,8H2. The fraction of sp³-hybridized carbons (Fsp3) is 0.308. The molecule has 3 rings (SSSR count). The first-order valence-corrected chi connectivity index (χ1v) is 5.64. The molecule has 2 aromatic heterocycles. The molecule has 0 aliphatic carbocycles. The molecular weight excluding hydrogens is 200 g/mol. The summed E-state index contributed by atoms with van der Waals surface area (Å²) in [5, 5.41) is 9.89. The highest BCUT2D eigenvalue weighted by Crippen LogP contribution is 2.31. The van der Waals surface area contributed by atoms with Crippen LogP contribution in [0.15, 0.2) is 36.7 Å². The van der Waals surface area contributed by atoms with Crippen molar-refractivity contribution in [3.8, 4) is 11.3 Å². The van der Waals surface area contributed by atoms with E-state index in [9.17, 15) is 5.11 Å². The van der Waals surface area contributed by atoms with Gasteiger partial charge in [-0.25, -0.2) is 0 Å². The number of aromatic nitrogens is 2. The molecule has 0 bridgehead atoms. The van der Waals surface area contributed by atoms with Crippen LogP contribution in [-0.4, -0.2) is 14.7 Å². The Kier molecular flexibility index (Phi) is 2.26. The Morgan fingerprint density at radius 2 is 2.25 bits per heavy atom. The van der Waals surface area contributed by atoms with Crippen LogP contribution in [0.1, 0.15) is 24.6 Å². The first kappa shape index (κ1) is 9.60. The molecule has 0 fully saturated rings. The van der Waals surface area contributed by atoms with Crippen molar-refractivity contribution in [2.75, 3.05) is 0 Å². The lowest BCUT2D eigenvalue weighted by Gasteiger charge is -2.22. The Balaban J connectivity index is 2.10. The van der Waals surface area contributed by atoms with Gasteiger partial charge < -0.3 is 9.67 Å². The lowest BCUT2D eigenvalue weighted by Crippen LogP contribution is -2.15. The smallest absolute Gasteiger partial charge is 0.0940 e. The van der Waals surface area contributed by atoms with Crippen LogP contribution < -0.4 is 0 Å². The lowest BCUT2D eigenvalue weighted by molar-refractivity contribution is 0.139. The Hall–Kier alpha value is -1.61. The number of aliphatic hydroxyl groups excluding tert-OH is 1. The first-order valence-electron chi connectivity index (χ1n) is 5.64. The van der Waals surface area contributed by atoms with Gasteiger partial charge in [0.1, 0.15) is 0 Å². The van der Waals surface area contributed by atoms with Crippen molar-refractivity contribution in [3.63, 3.8) is 0 Å². The van der Waals surface area contributed by atoms with Crippen molar-refractivity contribution in [1.29, 1.82) is 0 Å². The molecule has 16 heavy (non-hydrogen) atoms. The van der Waals surface area contributed by atoms with Gasteiger partial charge in [-0.3, -0.25) is 4.98 Å². The second-order valence-electron chi connectivity index (χ2n) is 4.19. The molecule has 1 atom stereocenters. The lowest BCUT2D eigenvalue weighted by atomic mass is 10.1. The largest absolute Gasteiger partial charge is 0.387 e. The fourth-order valence-corrected chi connectivity index (χ4v) is 2.38. The zero-order chi connectivity index (χ0) is 11.0. The van der Waals surface area contributed by atoms with Crippen LogP contribution in [0.2, 0.25) is 0 Å². The molecule has 1 N–H and O–H groups in total. The molecule has 0 radical (unpaired) electrons. The van der Waals surface area contributed by atoms with Crippen molar-refractivity contribution in [3.05, 3.63) is 42.4 Å². The Bertz CT molecular complexity index is 490. The van der Waals surface area contributed by atoms with E-state index in [1.807, 2.05) is 18.3 Å². The van der Waals surface area contributed by atoms with Gasteiger partial charge in [0.15, 0.2) is 0 Å². The number of fused-ring (bicyclic) bond motifs is 1. The van der Waals surface area contributed by atoms with E-state index in [1.165, 1.54) is 0 Å². The Morgan fingerprint density at radius 3 is 3.06 bits per heavy atom. The van der Waals surface area contributed by atoms with Gasteiger partial charge in [0, 0.05) is 35.9 Å². The number of hydrogen-bond acceptors (Lipinski definition) is 2. The second-order valence-corrected chi connectivity index (χ2v) is 4.19. The van der Waals surface area contributed by atoms with E-state index in [0.29, 0.717) is 0 Å². The maximum Gasteiger partial charge on any atom is 0.0940 e. The number of rotatable bonds is 1. The van der Waals surface area contributed by atoms with Crippen LogP contribution in [0.5, 0.6) is 0 Å². The Morgan fingerprint density at radius 1 is 1.31 bits per heavy atom. The van der Waals surface area contributed by atoms with Gasteiger partial charge in [-0.15, -0.1) is 0 Å². The topological polar surface area (TPSA) is 38.0 Å². The minimum Gasteiger partial charge on any atom is -0.387 e. The summed E-state index contributed by atoms with van der Waals surface area (Å²) < 4.78 is 2.20. The summed E-state index contributed by atoms with van der Waals surface area (Å²) in [4.78, 5) is 4.13. The number of hydrogen-bond donors (Lipinski definition) is 1. The molecule has 82 valence electrons. The summed E-state index contributed by atoms with van der Waals surface area (Å²) in [5.41, 5.74) is 3.30. The molecule has 2 aromatic rings. The number of nitrogens with zero attached hydrogens (tertiary/aromatic N) is 2. The minimum atomic E-state index is -0.306. The predicted octanol–water partition coefficient (Wildman–Crippen LogP) is 2.38. The normalized spacial score (nSPS) is 19.4. The summed E-state index contributed by atoms with van der Waals surface area (Å²) in [6.45, 7) is 0.990. The Labute approximate surface area is 94.4 Å². The van der Waals surface area contributed by atoms with Crippen molar-refractivity contribution in [2.45, 2.75) is 25.5 Å².